The Bertz CT molecular complexity index is 644. The van der Waals surface area contributed by atoms with Crippen LogP contribution in [0.4, 0.5) is 10.5 Å². The van der Waals surface area contributed by atoms with Crippen molar-refractivity contribution in [3.63, 3.8) is 0 Å². The first-order chi connectivity index (χ1) is 10.5. The molecule has 116 valence electrons. The molecule has 2 amide bonds. The predicted octanol–water partition coefficient (Wildman–Crippen LogP) is 4.56. The zero-order valence-electron chi connectivity index (χ0n) is 12.6. The lowest BCUT2D eigenvalue weighted by atomic mass is 10.2. The van der Waals surface area contributed by atoms with Gasteiger partial charge in [-0.15, -0.1) is 0 Å². The Morgan fingerprint density at radius 1 is 1.18 bits per heavy atom. The summed E-state index contributed by atoms with van der Waals surface area (Å²) in [6.45, 7) is 4.40. The molecule has 2 rings (SSSR count). The minimum Gasteiger partial charge on any atom is -0.491 e. The second kappa shape index (κ2) is 7.84. The maximum absolute atomic E-state index is 11.9. The van der Waals surface area contributed by atoms with Gasteiger partial charge in [-0.1, -0.05) is 34.1 Å². The van der Waals surface area contributed by atoms with E-state index < -0.39 is 0 Å². The van der Waals surface area contributed by atoms with Crippen molar-refractivity contribution in [2.45, 2.75) is 26.5 Å². The first-order valence-corrected chi connectivity index (χ1v) is 7.88. The molecule has 0 bridgehead atoms. The van der Waals surface area contributed by atoms with Crippen molar-refractivity contribution in [2.75, 3.05) is 5.32 Å². The van der Waals surface area contributed by atoms with E-state index in [4.69, 9.17) is 4.74 Å². The molecule has 0 saturated carbocycles. The third-order valence-corrected chi connectivity index (χ3v) is 3.30. The van der Waals surface area contributed by atoms with Gasteiger partial charge in [0.15, 0.2) is 0 Å². The molecule has 0 aromatic heterocycles. The summed E-state index contributed by atoms with van der Waals surface area (Å²) in [4.78, 5) is 11.9. The van der Waals surface area contributed by atoms with E-state index in [1.54, 1.807) is 0 Å². The van der Waals surface area contributed by atoms with Gasteiger partial charge >= 0.3 is 6.03 Å². The van der Waals surface area contributed by atoms with Crippen LogP contribution in [0, 0.1) is 0 Å². The van der Waals surface area contributed by atoms with Crippen molar-refractivity contribution < 1.29 is 9.53 Å². The topological polar surface area (TPSA) is 50.4 Å². The van der Waals surface area contributed by atoms with Gasteiger partial charge in [0.2, 0.25) is 0 Å². The zero-order chi connectivity index (χ0) is 15.9. The van der Waals surface area contributed by atoms with Gasteiger partial charge < -0.3 is 15.4 Å². The number of hydrogen-bond acceptors (Lipinski definition) is 2. The van der Waals surface area contributed by atoms with Gasteiger partial charge in [-0.25, -0.2) is 4.79 Å². The molecular formula is C17H19BrN2O2. The first-order valence-electron chi connectivity index (χ1n) is 7.09. The second-order valence-corrected chi connectivity index (χ2v) is 6.05. The molecule has 0 aliphatic heterocycles. The summed E-state index contributed by atoms with van der Waals surface area (Å²) in [7, 11) is 0. The summed E-state index contributed by atoms with van der Waals surface area (Å²) in [6, 6.07) is 14.9. The van der Waals surface area contributed by atoms with Crippen LogP contribution in [-0.4, -0.2) is 12.1 Å². The standard InChI is InChI=1S/C17H19BrN2O2/c1-12(2)22-16-8-3-5-13(9-16)11-19-17(21)20-15-7-4-6-14(18)10-15/h3-10,12H,11H2,1-2H3,(H2,19,20,21). The highest BCUT2D eigenvalue weighted by molar-refractivity contribution is 9.10. The van der Waals surface area contributed by atoms with E-state index >= 15 is 0 Å². The molecule has 22 heavy (non-hydrogen) atoms. The van der Waals surface area contributed by atoms with E-state index in [0.29, 0.717) is 6.54 Å². The van der Waals surface area contributed by atoms with Gasteiger partial charge in [0, 0.05) is 16.7 Å². The number of ether oxygens (including phenoxy) is 1. The van der Waals surface area contributed by atoms with Crippen molar-refractivity contribution in [1.82, 2.24) is 5.32 Å². The molecule has 2 aromatic rings. The lowest BCUT2D eigenvalue weighted by Crippen LogP contribution is -2.28. The molecule has 5 heteroatoms. The lowest BCUT2D eigenvalue weighted by Gasteiger charge is -2.12. The van der Waals surface area contributed by atoms with Crippen LogP contribution in [0.2, 0.25) is 0 Å². The number of urea groups is 1. The molecule has 0 aliphatic carbocycles. The lowest BCUT2D eigenvalue weighted by molar-refractivity contribution is 0.242. The number of rotatable bonds is 5. The van der Waals surface area contributed by atoms with E-state index in [1.807, 2.05) is 62.4 Å². The first kappa shape index (κ1) is 16.4. The average molecular weight is 363 g/mol. The van der Waals surface area contributed by atoms with Crippen LogP contribution in [0.25, 0.3) is 0 Å². The molecule has 2 N–H and O–H groups in total. The molecule has 2 aromatic carbocycles. The monoisotopic (exact) mass is 362 g/mol. The van der Waals surface area contributed by atoms with Crippen LogP contribution in [0.5, 0.6) is 5.75 Å². The highest BCUT2D eigenvalue weighted by atomic mass is 79.9. The number of amides is 2. The van der Waals surface area contributed by atoms with Crippen LogP contribution >= 0.6 is 15.9 Å². The summed E-state index contributed by atoms with van der Waals surface area (Å²) >= 11 is 3.37. The van der Waals surface area contributed by atoms with E-state index in [2.05, 4.69) is 26.6 Å². The maximum Gasteiger partial charge on any atom is 0.319 e. The second-order valence-electron chi connectivity index (χ2n) is 5.13. The number of carbonyl (C=O) groups excluding carboxylic acids is 1. The van der Waals surface area contributed by atoms with Crippen molar-refractivity contribution >= 4 is 27.6 Å². The van der Waals surface area contributed by atoms with Crippen LogP contribution in [-0.2, 0) is 6.54 Å². The minimum atomic E-state index is -0.242. The number of halogens is 1. The Balaban J connectivity index is 1.88. The SMILES string of the molecule is CC(C)Oc1cccc(CNC(=O)Nc2cccc(Br)c2)c1. The summed E-state index contributed by atoms with van der Waals surface area (Å²) in [5.41, 5.74) is 1.73. The molecule has 0 unspecified atom stereocenters. The molecule has 0 radical (unpaired) electrons. The average Bonchev–Trinajstić information content (AvgIpc) is 2.45. The summed E-state index contributed by atoms with van der Waals surface area (Å²) < 4.78 is 6.56. The fourth-order valence-electron chi connectivity index (χ4n) is 1.92. The maximum atomic E-state index is 11.9. The number of carbonyl (C=O) groups is 1. The third kappa shape index (κ3) is 5.41. The fourth-order valence-corrected chi connectivity index (χ4v) is 2.32. The summed E-state index contributed by atoms with van der Waals surface area (Å²) in [5, 5.41) is 5.62. The number of nitrogens with one attached hydrogen (secondary N) is 2. The van der Waals surface area contributed by atoms with Crippen LogP contribution in [0.15, 0.2) is 53.0 Å². The third-order valence-electron chi connectivity index (χ3n) is 2.81. The van der Waals surface area contributed by atoms with Crippen molar-refractivity contribution in [3.8, 4) is 5.75 Å². The van der Waals surface area contributed by atoms with Gasteiger partial charge in [0.1, 0.15) is 5.75 Å². The van der Waals surface area contributed by atoms with Crippen LogP contribution in [0.3, 0.4) is 0 Å². The molecule has 0 spiro atoms. The number of hydrogen-bond donors (Lipinski definition) is 2. The molecule has 0 saturated heterocycles. The Kier molecular flexibility index (Phi) is 5.83. The minimum absolute atomic E-state index is 0.128. The smallest absolute Gasteiger partial charge is 0.319 e. The molecule has 0 heterocycles. The fraction of sp³-hybridized carbons (Fsp3) is 0.235. The molecule has 0 aliphatic rings. The van der Waals surface area contributed by atoms with E-state index in [0.717, 1.165) is 21.5 Å². The van der Waals surface area contributed by atoms with Crippen LogP contribution < -0.4 is 15.4 Å². The Morgan fingerprint density at radius 2 is 1.95 bits per heavy atom. The Hall–Kier alpha value is -2.01. The molecule has 0 fully saturated rings. The van der Waals surface area contributed by atoms with E-state index in [1.165, 1.54) is 0 Å². The summed E-state index contributed by atoms with van der Waals surface area (Å²) in [6.07, 6.45) is 0.128. The van der Waals surface area contributed by atoms with Crippen molar-refractivity contribution in [1.29, 1.82) is 0 Å². The number of anilines is 1. The van der Waals surface area contributed by atoms with E-state index in [9.17, 15) is 4.79 Å². The molecular weight excluding hydrogens is 344 g/mol. The Labute approximate surface area is 139 Å². The number of benzene rings is 2. The van der Waals surface area contributed by atoms with Crippen LogP contribution in [0.1, 0.15) is 19.4 Å². The highest BCUT2D eigenvalue weighted by Crippen LogP contribution is 2.16. The largest absolute Gasteiger partial charge is 0.491 e. The van der Waals surface area contributed by atoms with Crippen molar-refractivity contribution in [2.24, 2.45) is 0 Å². The van der Waals surface area contributed by atoms with E-state index in [-0.39, 0.29) is 12.1 Å². The van der Waals surface area contributed by atoms with Gasteiger partial charge in [0.25, 0.3) is 0 Å². The normalized spacial score (nSPS) is 10.4. The van der Waals surface area contributed by atoms with Gasteiger partial charge in [0.05, 0.1) is 6.10 Å². The highest BCUT2D eigenvalue weighted by Gasteiger charge is 2.04. The zero-order valence-corrected chi connectivity index (χ0v) is 14.2. The van der Waals surface area contributed by atoms with Crippen molar-refractivity contribution in [3.05, 3.63) is 58.6 Å². The van der Waals surface area contributed by atoms with Gasteiger partial charge in [-0.3, -0.25) is 0 Å². The van der Waals surface area contributed by atoms with Gasteiger partial charge in [-0.05, 0) is 49.7 Å². The summed E-state index contributed by atoms with van der Waals surface area (Å²) in [5.74, 6) is 0.807. The molecule has 0 atom stereocenters. The predicted molar refractivity (Wildman–Crippen MR) is 92.2 cm³/mol. The molecule has 4 nitrogen and oxygen atoms in total. The quantitative estimate of drug-likeness (QED) is 0.818. The van der Waals surface area contributed by atoms with Gasteiger partial charge in [-0.2, -0.15) is 0 Å². The Morgan fingerprint density at radius 3 is 2.68 bits per heavy atom.